The molecule has 0 bridgehead atoms. The Hall–Kier alpha value is -3.90. The first kappa shape index (κ1) is 20.4. The van der Waals surface area contributed by atoms with Gasteiger partial charge in [0, 0.05) is 27.6 Å². The third-order valence-corrected chi connectivity index (χ3v) is 5.53. The van der Waals surface area contributed by atoms with Crippen molar-refractivity contribution in [2.24, 2.45) is 0 Å². The molecule has 156 valence electrons. The van der Waals surface area contributed by atoms with Crippen molar-refractivity contribution in [3.8, 4) is 11.3 Å². The molecule has 11 nitrogen and oxygen atoms in total. The summed E-state index contributed by atoms with van der Waals surface area (Å²) in [6, 6.07) is 8.89. The number of aromatic nitrogens is 3. The Kier molecular flexibility index (Phi) is 5.09. The van der Waals surface area contributed by atoms with E-state index in [-0.39, 0.29) is 17.1 Å². The van der Waals surface area contributed by atoms with Gasteiger partial charge in [0.15, 0.2) is 0 Å². The van der Waals surface area contributed by atoms with Gasteiger partial charge < -0.3 is 0 Å². The van der Waals surface area contributed by atoms with Gasteiger partial charge in [0.25, 0.3) is 23.2 Å². The molecule has 1 N–H and O–H groups in total. The smallest absolute Gasteiger partial charge is 0.279 e. The van der Waals surface area contributed by atoms with Gasteiger partial charge in [-0.2, -0.15) is 4.98 Å². The molecule has 0 aliphatic carbocycles. The maximum atomic E-state index is 12.7. The van der Waals surface area contributed by atoms with Crippen LogP contribution >= 0.6 is 22.9 Å². The standard InChI is InChI=1S/C18H11ClN6O5S/c1-9-13(6-12(24(27)28)7-14(9)25(29)30)16(26)20-17-21-18-23(22-17)15(8-31-18)10-2-4-11(19)5-3-10/h2-8H,1H3,(H,20,22,26). The molecule has 0 aliphatic heterocycles. The number of nitro benzene ring substituents is 2. The molecule has 2 aromatic carbocycles. The molecule has 2 aromatic heterocycles. The Balaban J connectivity index is 1.68. The predicted molar refractivity (Wildman–Crippen MR) is 114 cm³/mol. The van der Waals surface area contributed by atoms with Crippen molar-refractivity contribution in [2.45, 2.75) is 6.92 Å². The number of fused-ring (bicyclic) bond motifs is 1. The molecule has 4 aromatic rings. The van der Waals surface area contributed by atoms with Crippen LogP contribution in [0.3, 0.4) is 0 Å². The van der Waals surface area contributed by atoms with Gasteiger partial charge in [0.1, 0.15) is 0 Å². The molecule has 0 spiro atoms. The van der Waals surface area contributed by atoms with Crippen molar-refractivity contribution in [1.29, 1.82) is 0 Å². The van der Waals surface area contributed by atoms with E-state index < -0.39 is 27.1 Å². The molecule has 0 aliphatic rings. The highest BCUT2D eigenvalue weighted by molar-refractivity contribution is 7.15. The Morgan fingerprint density at radius 1 is 1.16 bits per heavy atom. The first-order chi connectivity index (χ1) is 14.7. The summed E-state index contributed by atoms with van der Waals surface area (Å²) < 4.78 is 1.53. The third kappa shape index (κ3) is 3.81. The van der Waals surface area contributed by atoms with Crippen LogP contribution in [-0.4, -0.2) is 30.4 Å². The number of thiazole rings is 1. The van der Waals surface area contributed by atoms with E-state index in [1.54, 1.807) is 12.1 Å². The molecule has 0 radical (unpaired) electrons. The van der Waals surface area contributed by atoms with Gasteiger partial charge in [0.05, 0.1) is 27.2 Å². The minimum Gasteiger partial charge on any atom is -0.289 e. The number of rotatable bonds is 5. The second kappa shape index (κ2) is 7.74. The number of hydrogen-bond donors (Lipinski definition) is 1. The van der Waals surface area contributed by atoms with Crippen molar-refractivity contribution in [3.63, 3.8) is 0 Å². The van der Waals surface area contributed by atoms with Gasteiger partial charge in [0.2, 0.25) is 4.96 Å². The van der Waals surface area contributed by atoms with E-state index in [1.165, 1.54) is 22.8 Å². The molecule has 0 saturated carbocycles. The van der Waals surface area contributed by atoms with Crippen molar-refractivity contribution < 1.29 is 14.6 Å². The van der Waals surface area contributed by atoms with E-state index in [0.29, 0.717) is 9.98 Å². The average molecular weight is 459 g/mol. The molecular formula is C18H11ClN6O5S. The van der Waals surface area contributed by atoms with E-state index in [9.17, 15) is 25.0 Å². The molecule has 1 amide bonds. The van der Waals surface area contributed by atoms with Crippen molar-refractivity contribution in [3.05, 3.63) is 78.2 Å². The third-order valence-electron chi connectivity index (χ3n) is 4.46. The van der Waals surface area contributed by atoms with Crippen molar-refractivity contribution in [2.75, 3.05) is 5.32 Å². The van der Waals surface area contributed by atoms with E-state index in [4.69, 9.17) is 11.6 Å². The number of hydrogen-bond acceptors (Lipinski definition) is 8. The molecular weight excluding hydrogens is 448 g/mol. The first-order valence-electron chi connectivity index (χ1n) is 8.59. The van der Waals surface area contributed by atoms with Crippen LogP contribution in [0, 0.1) is 27.2 Å². The molecule has 4 rings (SSSR count). The van der Waals surface area contributed by atoms with Gasteiger partial charge in [-0.25, -0.2) is 4.52 Å². The minimum absolute atomic E-state index is 0.00373. The maximum absolute atomic E-state index is 12.7. The number of non-ortho nitro benzene ring substituents is 1. The quantitative estimate of drug-likeness (QED) is 0.342. The minimum atomic E-state index is -0.799. The molecule has 0 fully saturated rings. The van der Waals surface area contributed by atoms with Crippen LogP contribution in [0.1, 0.15) is 15.9 Å². The second-order valence-electron chi connectivity index (χ2n) is 6.36. The predicted octanol–water partition coefficient (Wildman–Crippen LogP) is 4.49. The van der Waals surface area contributed by atoms with Crippen LogP contribution in [-0.2, 0) is 0 Å². The fourth-order valence-electron chi connectivity index (χ4n) is 2.94. The highest BCUT2D eigenvalue weighted by Gasteiger charge is 2.25. The fourth-order valence-corrected chi connectivity index (χ4v) is 3.89. The largest absolute Gasteiger partial charge is 0.289 e. The van der Waals surface area contributed by atoms with Gasteiger partial charge in [-0.15, -0.1) is 16.4 Å². The van der Waals surface area contributed by atoms with Crippen LogP contribution < -0.4 is 5.32 Å². The number of anilines is 1. The maximum Gasteiger partial charge on any atom is 0.279 e. The number of nitrogens with one attached hydrogen (secondary N) is 1. The number of carbonyl (C=O) groups excluding carboxylic acids is 1. The molecule has 2 heterocycles. The normalized spacial score (nSPS) is 10.9. The lowest BCUT2D eigenvalue weighted by Crippen LogP contribution is -2.16. The first-order valence-corrected chi connectivity index (χ1v) is 9.85. The zero-order valence-electron chi connectivity index (χ0n) is 15.6. The van der Waals surface area contributed by atoms with Gasteiger partial charge in [-0.05, 0) is 19.1 Å². The summed E-state index contributed by atoms with van der Waals surface area (Å²) in [6.07, 6.45) is 0. The Bertz CT molecular complexity index is 1360. The van der Waals surface area contributed by atoms with Crippen LogP contribution in [0.25, 0.3) is 16.2 Å². The molecule has 31 heavy (non-hydrogen) atoms. The van der Waals surface area contributed by atoms with Crippen LogP contribution in [0.5, 0.6) is 0 Å². The van der Waals surface area contributed by atoms with Crippen LogP contribution in [0.15, 0.2) is 41.8 Å². The molecule has 0 saturated heterocycles. The van der Waals surface area contributed by atoms with Gasteiger partial charge in [-0.1, -0.05) is 23.7 Å². The zero-order chi connectivity index (χ0) is 22.3. The highest BCUT2D eigenvalue weighted by Crippen LogP contribution is 2.29. The van der Waals surface area contributed by atoms with E-state index in [0.717, 1.165) is 23.4 Å². The Morgan fingerprint density at radius 2 is 1.87 bits per heavy atom. The van der Waals surface area contributed by atoms with E-state index in [2.05, 4.69) is 15.4 Å². The summed E-state index contributed by atoms with van der Waals surface area (Å²) in [6.45, 7) is 1.34. The van der Waals surface area contributed by atoms with Crippen LogP contribution in [0.2, 0.25) is 5.02 Å². The Morgan fingerprint density at radius 3 is 2.52 bits per heavy atom. The fraction of sp³-hybridized carbons (Fsp3) is 0.0556. The van der Waals surface area contributed by atoms with Crippen molar-refractivity contribution in [1.82, 2.24) is 14.6 Å². The van der Waals surface area contributed by atoms with Crippen molar-refractivity contribution >= 4 is 51.1 Å². The molecule has 13 heteroatoms. The second-order valence-corrected chi connectivity index (χ2v) is 7.64. The summed E-state index contributed by atoms with van der Waals surface area (Å²) in [7, 11) is 0. The van der Waals surface area contributed by atoms with E-state index in [1.807, 2.05) is 17.5 Å². The number of nitrogens with zero attached hydrogens (tertiary/aromatic N) is 5. The molecule has 0 atom stereocenters. The number of nitro groups is 2. The number of amides is 1. The topological polar surface area (TPSA) is 146 Å². The van der Waals surface area contributed by atoms with Gasteiger partial charge in [-0.3, -0.25) is 30.3 Å². The highest BCUT2D eigenvalue weighted by atomic mass is 35.5. The zero-order valence-corrected chi connectivity index (χ0v) is 17.2. The molecule has 0 unspecified atom stereocenters. The summed E-state index contributed by atoms with van der Waals surface area (Å²) in [4.78, 5) is 38.2. The summed E-state index contributed by atoms with van der Waals surface area (Å²) in [5.74, 6) is -0.837. The lowest BCUT2D eigenvalue weighted by atomic mass is 10.0. The Labute approximate surface area is 182 Å². The lowest BCUT2D eigenvalue weighted by molar-refractivity contribution is -0.394. The number of benzene rings is 2. The lowest BCUT2D eigenvalue weighted by Gasteiger charge is -2.06. The SMILES string of the molecule is Cc1c(C(=O)Nc2nc3scc(-c4ccc(Cl)cc4)n3n2)cc([N+](=O)[O-])cc1[N+](=O)[O-]. The van der Waals surface area contributed by atoms with Crippen LogP contribution in [0.4, 0.5) is 17.3 Å². The summed E-state index contributed by atoms with van der Waals surface area (Å²) in [5.41, 5.74) is 0.262. The average Bonchev–Trinajstić information content (AvgIpc) is 3.28. The summed E-state index contributed by atoms with van der Waals surface area (Å²) >= 11 is 7.22. The van der Waals surface area contributed by atoms with Gasteiger partial charge >= 0.3 is 0 Å². The van der Waals surface area contributed by atoms with E-state index >= 15 is 0 Å². The number of carbonyl (C=O) groups is 1. The number of halogens is 1. The monoisotopic (exact) mass is 458 g/mol. The summed E-state index contributed by atoms with van der Waals surface area (Å²) in [5, 5.41) is 31.5.